The molecule has 0 aliphatic carbocycles. The molecular formula is C30H28F3NO5. The highest BCUT2D eigenvalue weighted by molar-refractivity contribution is 5.92. The summed E-state index contributed by atoms with van der Waals surface area (Å²) in [7, 11) is 0. The highest BCUT2D eigenvalue weighted by Crippen LogP contribution is 2.40. The van der Waals surface area contributed by atoms with Gasteiger partial charge in [-0.05, 0) is 47.2 Å². The molecule has 1 aromatic heterocycles. The SMILES string of the molecule is CC(C)c1ccccc1NC(=O)COc1ccc2c(=O)c(Oc3ccccc3C(C)C)c(C(F)(F)F)oc2c1. The highest BCUT2D eigenvalue weighted by Gasteiger charge is 2.40. The molecule has 0 saturated heterocycles. The lowest BCUT2D eigenvalue weighted by Gasteiger charge is -2.17. The van der Waals surface area contributed by atoms with Gasteiger partial charge in [0.05, 0.1) is 5.39 Å². The predicted octanol–water partition coefficient (Wildman–Crippen LogP) is 7.87. The topological polar surface area (TPSA) is 77.8 Å². The van der Waals surface area contributed by atoms with Crippen molar-refractivity contribution < 1.29 is 31.9 Å². The van der Waals surface area contributed by atoms with Crippen LogP contribution in [0.3, 0.4) is 0 Å². The van der Waals surface area contributed by atoms with Crippen LogP contribution >= 0.6 is 0 Å². The van der Waals surface area contributed by atoms with Crippen LogP contribution in [0.2, 0.25) is 0 Å². The molecule has 0 aliphatic rings. The van der Waals surface area contributed by atoms with Crippen LogP contribution in [0.15, 0.2) is 75.9 Å². The molecule has 6 nitrogen and oxygen atoms in total. The van der Waals surface area contributed by atoms with Gasteiger partial charge in [-0.1, -0.05) is 64.1 Å². The number of nitrogens with one attached hydrogen (secondary N) is 1. The minimum absolute atomic E-state index is 0.0567. The van der Waals surface area contributed by atoms with Crippen molar-refractivity contribution in [3.63, 3.8) is 0 Å². The van der Waals surface area contributed by atoms with Gasteiger partial charge < -0.3 is 19.2 Å². The lowest BCUT2D eigenvalue weighted by molar-refractivity contribution is -0.154. The number of benzene rings is 3. The lowest BCUT2D eigenvalue weighted by Crippen LogP contribution is -2.21. The summed E-state index contributed by atoms with van der Waals surface area (Å²) in [6.45, 7) is 7.32. The molecule has 0 saturated carbocycles. The van der Waals surface area contributed by atoms with E-state index in [0.717, 1.165) is 11.6 Å². The first-order valence-corrected chi connectivity index (χ1v) is 12.4. The third-order valence-electron chi connectivity index (χ3n) is 6.06. The van der Waals surface area contributed by atoms with E-state index in [1.54, 1.807) is 30.3 Å². The van der Waals surface area contributed by atoms with Crippen LogP contribution in [0.1, 0.15) is 56.4 Å². The van der Waals surface area contributed by atoms with Crippen molar-refractivity contribution in [3.8, 4) is 17.2 Å². The third-order valence-corrected chi connectivity index (χ3v) is 6.06. The molecule has 0 aliphatic heterocycles. The van der Waals surface area contributed by atoms with E-state index >= 15 is 0 Å². The molecule has 0 atom stereocenters. The largest absolute Gasteiger partial charge is 0.484 e. The normalized spacial score (nSPS) is 11.7. The number of halogens is 3. The van der Waals surface area contributed by atoms with E-state index in [9.17, 15) is 22.8 Å². The Morgan fingerprint density at radius 3 is 2.23 bits per heavy atom. The number of rotatable bonds is 8. The van der Waals surface area contributed by atoms with Crippen LogP contribution < -0.4 is 20.2 Å². The molecule has 4 aromatic rings. The summed E-state index contributed by atoms with van der Waals surface area (Å²) in [6, 6.07) is 17.7. The molecule has 0 fully saturated rings. The second-order valence-electron chi connectivity index (χ2n) is 9.62. The number of alkyl halides is 3. The smallest absolute Gasteiger partial charge is 0.453 e. The van der Waals surface area contributed by atoms with E-state index in [4.69, 9.17) is 13.9 Å². The van der Waals surface area contributed by atoms with Crippen molar-refractivity contribution in [1.29, 1.82) is 0 Å². The molecule has 1 heterocycles. The van der Waals surface area contributed by atoms with E-state index in [1.165, 1.54) is 18.2 Å². The van der Waals surface area contributed by atoms with Gasteiger partial charge in [0, 0.05) is 11.8 Å². The van der Waals surface area contributed by atoms with Crippen molar-refractivity contribution >= 4 is 22.6 Å². The van der Waals surface area contributed by atoms with Crippen molar-refractivity contribution in [2.45, 2.75) is 45.7 Å². The molecule has 0 unspecified atom stereocenters. The van der Waals surface area contributed by atoms with Crippen LogP contribution in [0.4, 0.5) is 18.9 Å². The van der Waals surface area contributed by atoms with Crippen LogP contribution in [0.25, 0.3) is 11.0 Å². The molecule has 1 amide bonds. The summed E-state index contributed by atoms with van der Waals surface area (Å²) in [5.74, 6) is -2.63. The minimum Gasteiger partial charge on any atom is -0.484 e. The van der Waals surface area contributed by atoms with Gasteiger partial charge in [0.25, 0.3) is 11.7 Å². The third kappa shape index (κ3) is 6.25. The molecule has 0 bridgehead atoms. The average Bonchev–Trinajstić information content (AvgIpc) is 2.88. The minimum atomic E-state index is -5.00. The molecule has 3 aromatic carbocycles. The second-order valence-corrected chi connectivity index (χ2v) is 9.62. The standard InChI is InChI=1S/C30H28F3NO5/c1-17(2)20-9-5-7-11-23(20)34-26(35)16-37-19-13-14-22-25(15-19)39-29(30(31,32)33)28(27(22)36)38-24-12-8-6-10-21(24)18(3)4/h5-15,17-18H,16H2,1-4H3,(H,34,35). The van der Waals surface area contributed by atoms with E-state index in [-0.39, 0.29) is 34.3 Å². The fourth-order valence-corrected chi connectivity index (χ4v) is 4.14. The van der Waals surface area contributed by atoms with Crippen molar-refractivity contribution in [1.82, 2.24) is 0 Å². The predicted molar refractivity (Wildman–Crippen MR) is 143 cm³/mol. The number of ether oxygens (including phenoxy) is 2. The lowest BCUT2D eigenvalue weighted by atomic mass is 10.0. The number of hydrogen-bond acceptors (Lipinski definition) is 5. The number of para-hydroxylation sites is 2. The van der Waals surface area contributed by atoms with Crippen molar-refractivity contribution in [2.24, 2.45) is 0 Å². The van der Waals surface area contributed by atoms with Gasteiger partial charge in [-0.25, -0.2) is 0 Å². The van der Waals surface area contributed by atoms with Crippen molar-refractivity contribution in [2.75, 3.05) is 11.9 Å². The first kappa shape index (κ1) is 27.8. The number of amides is 1. The summed E-state index contributed by atoms with van der Waals surface area (Å²) in [5, 5.41) is 2.66. The maximum absolute atomic E-state index is 14.0. The molecule has 4 rings (SSSR count). The molecule has 39 heavy (non-hydrogen) atoms. The zero-order valence-corrected chi connectivity index (χ0v) is 21.9. The number of carbonyl (C=O) groups is 1. The first-order valence-electron chi connectivity index (χ1n) is 12.4. The Bertz CT molecular complexity index is 1560. The number of anilines is 1. The summed E-state index contributed by atoms with van der Waals surface area (Å²) in [4.78, 5) is 25.6. The van der Waals surface area contributed by atoms with E-state index < -0.39 is 35.6 Å². The van der Waals surface area contributed by atoms with E-state index in [1.807, 2.05) is 39.8 Å². The molecule has 1 N–H and O–H groups in total. The van der Waals surface area contributed by atoms with Gasteiger partial charge in [0.2, 0.25) is 11.2 Å². The zero-order chi connectivity index (χ0) is 28.3. The fraction of sp³-hybridized carbons (Fsp3) is 0.267. The fourth-order valence-electron chi connectivity index (χ4n) is 4.14. The summed E-state index contributed by atoms with van der Waals surface area (Å²) in [6.07, 6.45) is -5.00. The van der Waals surface area contributed by atoms with Crippen LogP contribution in [0, 0.1) is 0 Å². The molecule has 9 heteroatoms. The monoisotopic (exact) mass is 539 g/mol. The average molecular weight is 540 g/mol. The van der Waals surface area contributed by atoms with Gasteiger partial charge >= 0.3 is 6.18 Å². The van der Waals surface area contributed by atoms with E-state index in [0.29, 0.717) is 11.3 Å². The molecule has 204 valence electrons. The number of fused-ring (bicyclic) bond motifs is 1. The number of hydrogen-bond donors (Lipinski definition) is 1. The van der Waals surface area contributed by atoms with Crippen molar-refractivity contribution in [3.05, 3.63) is 93.8 Å². The Kier molecular flexibility index (Phi) is 7.99. The molecular weight excluding hydrogens is 511 g/mol. The Morgan fingerprint density at radius 2 is 1.56 bits per heavy atom. The Balaban J connectivity index is 1.62. The highest BCUT2D eigenvalue weighted by atomic mass is 19.4. The number of carbonyl (C=O) groups excluding carboxylic acids is 1. The molecule has 0 radical (unpaired) electrons. The quantitative estimate of drug-likeness (QED) is 0.247. The zero-order valence-electron chi connectivity index (χ0n) is 21.9. The van der Waals surface area contributed by atoms with Gasteiger partial charge in [0.15, 0.2) is 6.61 Å². The Hall–Kier alpha value is -4.27. The van der Waals surface area contributed by atoms with Crippen LogP contribution in [-0.4, -0.2) is 12.5 Å². The summed E-state index contributed by atoms with van der Waals surface area (Å²) in [5.41, 5.74) is 0.916. The second kappa shape index (κ2) is 11.2. The van der Waals surface area contributed by atoms with Gasteiger partial charge in [-0.15, -0.1) is 0 Å². The van der Waals surface area contributed by atoms with Gasteiger partial charge in [-0.3, -0.25) is 9.59 Å². The molecule has 0 spiro atoms. The first-order chi connectivity index (χ1) is 18.5. The van der Waals surface area contributed by atoms with Gasteiger partial charge in [-0.2, -0.15) is 13.2 Å². The Morgan fingerprint density at radius 1 is 0.923 bits per heavy atom. The van der Waals surface area contributed by atoms with Crippen LogP contribution in [-0.2, 0) is 11.0 Å². The maximum Gasteiger partial charge on any atom is 0.453 e. The van der Waals surface area contributed by atoms with E-state index in [2.05, 4.69) is 5.32 Å². The summed E-state index contributed by atoms with van der Waals surface area (Å²) < 4.78 is 58.1. The van der Waals surface area contributed by atoms with Crippen LogP contribution in [0.5, 0.6) is 17.2 Å². The Labute approximate surface area is 223 Å². The maximum atomic E-state index is 14.0. The van der Waals surface area contributed by atoms with Gasteiger partial charge in [0.1, 0.15) is 17.1 Å². The summed E-state index contributed by atoms with van der Waals surface area (Å²) >= 11 is 0.